The number of nitrogens with zero attached hydrogens (tertiary/aromatic N) is 5. The van der Waals surface area contributed by atoms with Crippen LogP contribution in [0.2, 0.25) is 0 Å². The summed E-state index contributed by atoms with van der Waals surface area (Å²) in [5.41, 5.74) is 0.808. The van der Waals surface area contributed by atoms with E-state index in [1.54, 1.807) is 16.7 Å². The Balaban J connectivity index is 1.47. The molecule has 0 aliphatic carbocycles. The van der Waals surface area contributed by atoms with Crippen LogP contribution in [-0.4, -0.2) is 48.5 Å². The number of amidine groups is 1. The molecule has 1 amide bonds. The fourth-order valence-electron chi connectivity index (χ4n) is 3.35. The normalized spacial score (nSPS) is 18.1. The predicted molar refractivity (Wildman–Crippen MR) is 110 cm³/mol. The number of benzene rings is 1. The monoisotopic (exact) mass is 430 g/mol. The molecular weight excluding hydrogens is 415 g/mol. The zero-order valence-corrected chi connectivity index (χ0v) is 16.7. The average Bonchev–Trinajstić information content (AvgIpc) is 3.43. The second-order valence-electron chi connectivity index (χ2n) is 6.59. The molecule has 8 nitrogen and oxygen atoms in total. The van der Waals surface area contributed by atoms with Gasteiger partial charge in [0.25, 0.3) is 5.56 Å². The molecule has 0 fully saturated rings. The first-order valence-electron chi connectivity index (χ1n) is 8.96. The minimum atomic E-state index is -0.349. The maximum atomic E-state index is 13.2. The number of aliphatic imine (C=N–C) groups is 1. The molecule has 11 heteroatoms. The maximum Gasteiger partial charge on any atom is 0.265 e. The number of hydrogen-bond acceptors (Lipinski definition) is 7. The Labute approximate surface area is 172 Å². The van der Waals surface area contributed by atoms with Crippen molar-refractivity contribution in [3.8, 4) is 5.69 Å². The molecule has 2 aliphatic rings. The maximum absolute atomic E-state index is 13.2. The third-order valence-corrected chi connectivity index (χ3v) is 6.68. The first-order chi connectivity index (χ1) is 14.1. The molecule has 1 atom stereocenters. The lowest BCUT2D eigenvalue weighted by Crippen LogP contribution is -2.32. The van der Waals surface area contributed by atoms with Gasteiger partial charge in [-0.3, -0.25) is 19.1 Å². The summed E-state index contributed by atoms with van der Waals surface area (Å²) in [5.74, 6) is 0.951. The highest BCUT2D eigenvalue weighted by Gasteiger charge is 2.30. The Kier molecular flexibility index (Phi) is 4.63. The summed E-state index contributed by atoms with van der Waals surface area (Å²) in [7, 11) is 0. The van der Waals surface area contributed by atoms with Crippen molar-refractivity contribution in [2.45, 2.75) is 17.6 Å². The molecule has 148 valence electrons. The Morgan fingerprint density at radius 2 is 2.10 bits per heavy atom. The fourth-order valence-corrected chi connectivity index (χ4v) is 5.22. The van der Waals surface area contributed by atoms with Crippen LogP contribution in [0.15, 0.2) is 45.4 Å². The SMILES string of the molecule is O=C(CC1CSc2nc3c(cnn3-c3ccc(F)cc3)c(=O)n21)NC1=NCCS1. The number of nitrogens with one attached hydrogen (secondary N) is 1. The molecule has 1 aromatic carbocycles. The lowest BCUT2D eigenvalue weighted by Gasteiger charge is -2.13. The number of aromatic nitrogens is 4. The van der Waals surface area contributed by atoms with Crippen molar-refractivity contribution in [2.24, 2.45) is 4.99 Å². The molecule has 5 rings (SSSR count). The van der Waals surface area contributed by atoms with Crippen LogP contribution < -0.4 is 10.9 Å². The van der Waals surface area contributed by atoms with Crippen molar-refractivity contribution in [3.63, 3.8) is 0 Å². The predicted octanol–water partition coefficient (Wildman–Crippen LogP) is 1.98. The van der Waals surface area contributed by atoms with Crippen molar-refractivity contribution in [2.75, 3.05) is 18.1 Å². The Morgan fingerprint density at radius 1 is 1.28 bits per heavy atom. The van der Waals surface area contributed by atoms with Crippen molar-refractivity contribution in [3.05, 3.63) is 46.6 Å². The van der Waals surface area contributed by atoms with Crippen molar-refractivity contribution >= 4 is 45.6 Å². The zero-order chi connectivity index (χ0) is 20.0. The van der Waals surface area contributed by atoms with E-state index < -0.39 is 0 Å². The summed E-state index contributed by atoms with van der Waals surface area (Å²) in [5, 5.41) is 8.62. The second kappa shape index (κ2) is 7.30. The highest BCUT2D eigenvalue weighted by atomic mass is 32.2. The zero-order valence-electron chi connectivity index (χ0n) is 15.0. The van der Waals surface area contributed by atoms with E-state index in [1.165, 1.54) is 46.5 Å². The van der Waals surface area contributed by atoms with E-state index in [0.717, 1.165) is 5.75 Å². The molecule has 4 heterocycles. The fraction of sp³-hybridized carbons (Fsp3) is 0.278. The average molecular weight is 430 g/mol. The van der Waals surface area contributed by atoms with Crippen LogP contribution >= 0.6 is 23.5 Å². The van der Waals surface area contributed by atoms with Crippen LogP contribution in [0.4, 0.5) is 4.39 Å². The molecule has 3 aromatic rings. The Hall–Kier alpha value is -2.66. The first-order valence-corrected chi connectivity index (χ1v) is 10.9. The van der Waals surface area contributed by atoms with Crippen LogP contribution in [0.1, 0.15) is 12.5 Å². The van der Waals surface area contributed by atoms with E-state index in [-0.39, 0.29) is 29.7 Å². The highest BCUT2D eigenvalue weighted by molar-refractivity contribution is 8.14. The van der Waals surface area contributed by atoms with Gasteiger partial charge in [-0.1, -0.05) is 23.5 Å². The first kappa shape index (κ1) is 18.4. The summed E-state index contributed by atoms with van der Waals surface area (Å²) < 4.78 is 16.3. The number of carbonyl (C=O) groups is 1. The second-order valence-corrected chi connectivity index (χ2v) is 8.66. The van der Waals surface area contributed by atoms with Gasteiger partial charge in [-0.2, -0.15) is 5.10 Å². The summed E-state index contributed by atoms with van der Waals surface area (Å²) in [6, 6.07) is 5.55. The van der Waals surface area contributed by atoms with Crippen molar-refractivity contribution < 1.29 is 9.18 Å². The molecule has 1 N–H and O–H groups in total. The molecule has 29 heavy (non-hydrogen) atoms. The standard InChI is InChI=1S/C18H15FN6O2S2/c19-10-1-3-11(4-2-10)25-15-13(8-21-25)16(27)24-12(9-29-18(24)23-15)7-14(26)22-17-20-5-6-28-17/h1-4,8,12H,5-7,9H2,(H,20,22,26). The molecule has 0 spiro atoms. The van der Waals surface area contributed by atoms with Gasteiger partial charge in [0.2, 0.25) is 5.91 Å². The number of rotatable bonds is 3. The number of carbonyl (C=O) groups excluding carboxylic acids is 1. The largest absolute Gasteiger partial charge is 0.305 e. The number of amides is 1. The van der Waals surface area contributed by atoms with E-state index in [9.17, 15) is 14.0 Å². The van der Waals surface area contributed by atoms with E-state index in [1.807, 2.05) is 0 Å². The van der Waals surface area contributed by atoms with Gasteiger partial charge in [0, 0.05) is 17.9 Å². The lowest BCUT2D eigenvalue weighted by atomic mass is 10.2. The van der Waals surface area contributed by atoms with Gasteiger partial charge in [0.15, 0.2) is 16.0 Å². The molecule has 0 saturated carbocycles. The minimum Gasteiger partial charge on any atom is -0.305 e. The van der Waals surface area contributed by atoms with Crippen LogP contribution in [0.25, 0.3) is 16.7 Å². The molecule has 0 bridgehead atoms. The number of halogens is 1. The van der Waals surface area contributed by atoms with Gasteiger partial charge < -0.3 is 5.32 Å². The van der Waals surface area contributed by atoms with E-state index in [2.05, 4.69) is 20.4 Å². The molecule has 1 unspecified atom stereocenters. The van der Waals surface area contributed by atoms with Gasteiger partial charge in [-0.15, -0.1) is 0 Å². The van der Waals surface area contributed by atoms with E-state index in [4.69, 9.17) is 0 Å². The summed E-state index contributed by atoms with van der Waals surface area (Å²) in [4.78, 5) is 34.3. The number of fused-ring (bicyclic) bond motifs is 2. The van der Waals surface area contributed by atoms with Crippen LogP contribution in [0.5, 0.6) is 0 Å². The molecular formula is C18H15FN6O2S2. The third kappa shape index (κ3) is 3.33. The summed E-state index contributed by atoms with van der Waals surface area (Å²) in [6.45, 7) is 0.710. The van der Waals surface area contributed by atoms with E-state index in [0.29, 0.717) is 39.3 Å². The quantitative estimate of drug-likeness (QED) is 0.639. The summed E-state index contributed by atoms with van der Waals surface area (Å²) in [6.07, 6.45) is 1.64. The molecule has 2 aromatic heterocycles. The lowest BCUT2D eigenvalue weighted by molar-refractivity contribution is -0.120. The van der Waals surface area contributed by atoms with Crippen LogP contribution in [0, 0.1) is 5.82 Å². The smallest absolute Gasteiger partial charge is 0.265 e. The topological polar surface area (TPSA) is 94.2 Å². The molecule has 2 aliphatic heterocycles. The third-order valence-electron chi connectivity index (χ3n) is 4.69. The Bertz CT molecular complexity index is 1200. The van der Waals surface area contributed by atoms with Crippen LogP contribution in [0.3, 0.4) is 0 Å². The van der Waals surface area contributed by atoms with Gasteiger partial charge >= 0.3 is 0 Å². The van der Waals surface area contributed by atoms with E-state index >= 15 is 0 Å². The molecule has 0 saturated heterocycles. The number of thioether (sulfide) groups is 2. The summed E-state index contributed by atoms with van der Waals surface area (Å²) >= 11 is 2.95. The van der Waals surface area contributed by atoms with Crippen molar-refractivity contribution in [1.82, 2.24) is 24.6 Å². The Morgan fingerprint density at radius 3 is 2.86 bits per heavy atom. The highest BCUT2D eigenvalue weighted by Crippen LogP contribution is 2.33. The minimum absolute atomic E-state index is 0.161. The molecule has 0 radical (unpaired) electrons. The van der Waals surface area contributed by atoms with Gasteiger partial charge in [-0.05, 0) is 24.3 Å². The van der Waals surface area contributed by atoms with Gasteiger partial charge in [0.05, 0.1) is 24.5 Å². The van der Waals surface area contributed by atoms with Gasteiger partial charge in [-0.25, -0.2) is 14.1 Å². The van der Waals surface area contributed by atoms with Crippen molar-refractivity contribution in [1.29, 1.82) is 0 Å². The van der Waals surface area contributed by atoms with Gasteiger partial charge in [0.1, 0.15) is 11.2 Å². The number of hydrogen-bond donors (Lipinski definition) is 1. The van der Waals surface area contributed by atoms with Crippen LogP contribution in [-0.2, 0) is 4.79 Å².